The normalized spacial score (nSPS) is 22.7. The number of carbonyl (C=O) groups excluding carboxylic acids is 2. The molecular weight excluding hydrogens is 237 g/mol. The summed E-state index contributed by atoms with van der Waals surface area (Å²) in [6.07, 6.45) is -0.0212. The number of anilines is 1. The zero-order valence-electron chi connectivity index (χ0n) is 10.5. The average Bonchev–Trinajstić information content (AvgIpc) is 2.35. The molecule has 0 unspecified atom stereocenters. The molecule has 0 saturated heterocycles. The molecule has 18 heavy (non-hydrogen) atoms. The van der Waals surface area contributed by atoms with Gasteiger partial charge in [0.25, 0.3) is 0 Å². The first-order valence-corrected chi connectivity index (χ1v) is 5.55. The predicted molar refractivity (Wildman–Crippen MR) is 63.8 cm³/mol. The van der Waals surface area contributed by atoms with Gasteiger partial charge in [-0.3, -0.25) is 9.59 Å². The van der Waals surface area contributed by atoms with E-state index in [4.69, 9.17) is 4.74 Å². The van der Waals surface area contributed by atoms with Crippen molar-refractivity contribution >= 4 is 17.6 Å². The van der Waals surface area contributed by atoms with Gasteiger partial charge in [-0.15, -0.1) is 0 Å². The van der Waals surface area contributed by atoms with E-state index < -0.39 is 17.2 Å². The van der Waals surface area contributed by atoms with Crippen LogP contribution in [0.4, 0.5) is 10.1 Å². The van der Waals surface area contributed by atoms with Crippen molar-refractivity contribution in [1.29, 1.82) is 0 Å². The fourth-order valence-electron chi connectivity index (χ4n) is 2.30. The molecule has 0 bridgehead atoms. The molecule has 4 nitrogen and oxygen atoms in total. The molecule has 1 aliphatic heterocycles. The largest absolute Gasteiger partial charge is 0.468 e. The third-order valence-corrected chi connectivity index (χ3v) is 3.43. The zero-order chi connectivity index (χ0) is 13.5. The third kappa shape index (κ3) is 1.66. The molecule has 1 aromatic rings. The Labute approximate surface area is 104 Å². The van der Waals surface area contributed by atoms with Gasteiger partial charge in [0.15, 0.2) is 0 Å². The van der Waals surface area contributed by atoms with Gasteiger partial charge in [0.1, 0.15) is 11.2 Å². The highest BCUT2D eigenvalue weighted by atomic mass is 19.1. The number of methoxy groups -OCH3 is 1. The summed E-state index contributed by atoms with van der Waals surface area (Å²) in [5, 5.41) is 0. The van der Waals surface area contributed by atoms with E-state index in [1.54, 1.807) is 14.0 Å². The zero-order valence-corrected chi connectivity index (χ0v) is 10.5. The molecule has 1 heterocycles. The van der Waals surface area contributed by atoms with Crippen LogP contribution in [-0.2, 0) is 19.7 Å². The summed E-state index contributed by atoms with van der Waals surface area (Å²) in [6.45, 7) is 1.60. The van der Waals surface area contributed by atoms with Gasteiger partial charge in [0.05, 0.1) is 7.11 Å². The van der Waals surface area contributed by atoms with E-state index in [9.17, 15) is 14.0 Å². The fourth-order valence-corrected chi connectivity index (χ4v) is 2.30. The predicted octanol–water partition coefficient (Wildman–Crippen LogP) is 1.62. The molecule has 5 heteroatoms. The van der Waals surface area contributed by atoms with Crippen molar-refractivity contribution in [3.8, 4) is 0 Å². The molecule has 0 radical (unpaired) electrons. The molecule has 1 aliphatic rings. The number of fused-ring (bicyclic) bond motifs is 1. The van der Waals surface area contributed by atoms with Crippen molar-refractivity contribution < 1.29 is 18.7 Å². The van der Waals surface area contributed by atoms with Crippen LogP contribution >= 0.6 is 0 Å². The molecule has 0 aliphatic carbocycles. The second-order valence-corrected chi connectivity index (χ2v) is 4.61. The second kappa shape index (κ2) is 4.08. The molecule has 0 spiro atoms. The lowest BCUT2D eigenvalue weighted by Crippen LogP contribution is -2.46. The van der Waals surface area contributed by atoms with Crippen molar-refractivity contribution in [2.45, 2.75) is 18.8 Å². The monoisotopic (exact) mass is 251 g/mol. The van der Waals surface area contributed by atoms with E-state index in [2.05, 4.69) is 0 Å². The Balaban J connectivity index is 2.66. The minimum atomic E-state index is -1.13. The second-order valence-electron chi connectivity index (χ2n) is 4.61. The Morgan fingerprint density at radius 3 is 2.78 bits per heavy atom. The van der Waals surface area contributed by atoms with Gasteiger partial charge in [-0.1, -0.05) is 0 Å². The summed E-state index contributed by atoms with van der Waals surface area (Å²) in [5.74, 6) is -1.16. The van der Waals surface area contributed by atoms with Gasteiger partial charge in [-0.2, -0.15) is 0 Å². The fraction of sp³-hybridized carbons (Fsp3) is 0.385. The van der Waals surface area contributed by atoms with Crippen molar-refractivity contribution in [1.82, 2.24) is 0 Å². The van der Waals surface area contributed by atoms with Crippen molar-refractivity contribution in [3.05, 3.63) is 29.6 Å². The molecule has 1 amide bonds. The molecule has 1 atom stereocenters. The maximum atomic E-state index is 13.4. The van der Waals surface area contributed by atoms with Crippen LogP contribution in [-0.4, -0.2) is 26.0 Å². The topological polar surface area (TPSA) is 46.6 Å². The number of nitrogens with zero attached hydrogens (tertiary/aromatic N) is 1. The molecular formula is C13H14FNO3. The van der Waals surface area contributed by atoms with Crippen LogP contribution in [0.5, 0.6) is 0 Å². The summed E-state index contributed by atoms with van der Waals surface area (Å²) in [4.78, 5) is 25.2. The molecule has 0 saturated carbocycles. The number of benzene rings is 1. The SMILES string of the molecule is COC(=O)[C@]1(C)CC(=O)N(C)c2ccc(F)cc21. The Kier molecular flexibility index (Phi) is 2.84. The molecule has 0 N–H and O–H groups in total. The summed E-state index contributed by atoms with van der Waals surface area (Å²) in [5.41, 5.74) is -0.104. The highest BCUT2D eigenvalue weighted by molar-refractivity contribution is 6.03. The van der Waals surface area contributed by atoms with Crippen LogP contribution in [0, 0.1) is 5.82 Å². The standard InChI is InChI=1S/C13H14FNO3/c1-13(12(17)18-3)7-11(16)15(2)10-5-4-8(14)6-9(10)13/h4-6H,7H2,1-3H3/t13-/m1/s1. The number of ether oxygens (including phenoxy) is 1. The Hall–Kier alpha value is -1.91. The molecule has 1 aromatic carbocycles. The van der Waals surface area contributed by atoms with Gasteiger partial charge in [0.2, 0.25) is 5.91 Å². The Morgan fingerprint density at radius 2 is 2.17 bits per heavy atom. The maximum absolute atomic E-state index is 13.4. The summed E-state index contributed by atoms with van der Waals surface area (Å²) < 4.78 is 18.1. The Bertz CT molecular complexity index is 529. The number of halogens is 1. The van der Waals surface area contributed by atoms with Crippen molar-refractivity contribution in [2.24, 2.45) is 0 Å². The average molecular weight is 251 g/mol. The van der Waals surface area contributed by atoms with Crippen LogP contribution in [0.1, 0.15) is 18.9 Å². The summed E-state index contributed by atoms with van der Waals surface area (Å²) >= 11 is 0. The van der Waals surface area contributed by atoms with Gasteiger partial charge < -0.3 is 9.64 Å². The van der Waals surface area contributed by atoms with Crippen LogP contribution in [0.25, 0.3) is 0 Å². The van der Waals surface area contributed by atoms with E-state index in [1.807, 2.05) is 0 Å². The van der Waals surface area contributed by atoms with Gasteiger partial charge in [-0.25, -0.2) is 4.39 Å². The first-order chi connectivity index (χ1) is 8.40. The highest BCUT2D eigenvalue weighted by Gasteiger charge is 2.45. The van der Waals surface area contributed by atoms with E-state index in [-0.39, 0.29) is 12.3 Å². The lowest BCUT2D eigenvalue weighted by Gasteiger charge is -2.37. The first kappa shape index (κ1) is 12.5. The van der Waals surface area contributed by atoms with Crippen LogP contribution < -0.4 is 4.90 Å². The van der Waals surface area contributed by atoms with Crippen LogP contribution in [0.2, 0.25) is 0 Å². The smallest absolute Gasteiger partial charge is 0.316 e. The minimum absolute atomic E-state index is 0.0212. The van der Waals surface area contributed by atoms with Gasteiger partial charge in [0, 0.05) is 19.2 Å². The number of rotatable bonds is 1. The number of esters is 1. The Morgan fingerprint density at radius 1 is 1.50 bits per heavy atom. The molecule has 2 rings (SSSR count). The van der Waals surface area contributed by atoms with Gasteiger partial charge >= 0.3 is 5.97 Å². The lowest BCUT2D eigenvalue weighted by molar-refractivity contribution is -0.149. The van der Waals surface area contributed by atoms with E-state index in [1.165, 1.54) is 30.2 Å². The number of carbonyl (C=O) groups is 2. The van der Waals surface area contributed by atoms with Crippen molar-refractivity contribution in [3.63, 3.8) is 0 Å². The van der Waals surface area contributed by atoms with Crippen LogP contribution in [0.15, 0.2) is 18.2 Å². The minimum Gasteiger partial charge on any atom is -0.468 e. The van der Waals surface area contributed by atoms with Crippen molar-refractivity contribution in [2.75, 3.05) is 19.1 Å². The van der Waals surface area contributed by atoms with E-state index >= 15 is 0 Å². The molecule has 0 aromatic heterocycles. The van der Waals surface area contributed by atoms with E-state index in [0.717, 1.165) is 0 Å². The molecule has 96 valence electrons. The van der Waals surface area contributed by atoms with E-state index in [0.29, 0.717) is 11.3 Å². The summed E-state index contributed by atoms with van der Waals surface area (Å²) in [7, 11) is 2.87. The number of amides is 1. The highest BCUT2D eigenvalue weighted by Crippen LogP contribution is 2.41. The molecule has 0 fully saturated rings. The quantitative estimate of drug-likeness (QED) is 0.712. The number of hydrogen-bond acceptors (Lipinski definition) is 3. The summed E-state index contributed by atoms with van der Waals surface area (Å²) in [6, 6.07) is 4.06. The number of hydrogen-bond donors (Lipinski definition) is 0. The third-order valence-electron chi connectivity index (χ3n) is 3.43. The van der Waals surface area contributed by atoms with Crippen LogP contribution in [0.3, 0.4) is 0 Å². The lowest BCUT2D eigenvalue weighted by atomic mass is 9.75. The first-order valence-electron chi connectivity index (χ1n) is 5.55. The maximum Gasteiger partial charge on any atom is 0.316 e. The van der Waals surface area contributed by atoms with Gasteiger partial charge in [-0.05, 0) is 30.7 Å².